The van der Waals surface area contributed by atoms with Crippen molar-refractivity contribution < 1.29 is 35.1 Å². The average molecular weight is 596 g/mol. The summed E-state index contributed by atoms with van der Waals surface area (Å²) < 4.78 is 95.7. The summed E-state index contributed by atoms with van der Waals surface area (Å²) in [5.74, 6) is 0. The minimum Gasteiger partial charge on any atom is -0.376 e. The number of hydrogen-bond acceptors (Lipinski definition) is 7. The van der Waals surface area contributed by atoms with E-state index >= 15 is 0 Å². The van der Waals surface area contributed by atoms with Crippen LogP contribution >= 0.6 is 12.6 Å². The number of sulfonamides is 2. The standard InChI is InChI=1S/C24H32F3N3O5S3/c1-4-17(2)37(32,33)28-15-20-16-29(38(34,35)22-8-6-5-7-21(22)36)13-14-30(20)19-11-9-18(10-12-19)23(3,31)24(25,26)27/h5-12,17,20,28,31,36H,4,13-16H2,1-3H3/t17-,20+,23-/m1/s1. The van der Waals surface area contributed by atoms with Crippen LogP contribution in [0.5, 0.6) is 0 Å². The Labute approximate surface area is 227 Å². The van der Waals surface area contributed by atoms with Gasteiger partial charge in [0, 0.05) is 36.8 Å². The molecule has 1 saturated heterocycles. The van der Waals surface area contributed by atoms with E-state index in [1.165, 1.54) is 22.5 Å². The average Bonchev–Trinajstić information content (AvgIpc) is 2.86. The van der Waals surface area contributed by atoms with Crippen molar-refractivity contribution in [1.82, 2.24) is 9.03 Å². The van der Waals surface area contributed by atoms with Crippen molar-refractivity contribution in [3.63, 3.8) is 0 Å². The van der Waals surface area contributed by atoms with Crippen molar-refractivity contribution in [1.29, 1.82) is 0 Å². The Kier molecular flexibility index (Phi) is 9.16. The lowest BCUT2D eigenvalue weighted by molar-refractivity contribution is -0.258. The van der Waals surface area contributed by atoms with Gasteiger partial charge in [0.25, 0.3) is 0 Å². The molecule has 212 valence electrons. The third-order valence-corrected chi connectivity index (χ3v) is 11.3. The molecule has 2 N–H and O–H groups in total. The number of thiol groups is 1. The molecule has 14 heteroatoms. The molecule has 3 atom stereocenters. The minimum absolute atomic E-state index is 0.0226. The highest BCUT2D eigenvalue weighted by Crippen LogP contribution is 2.39. The van der Waals surface area contributed by atoms with Crippen molar-refractivity contribution >= 4 is 38.4 Å². The Morgan fingerprint density at radius 2 is 1.68 bits per heavy atom. The van der Waals surface area contributed by atoms with Crippen LogP contribution in [0.15, 0.2) is 58.3 Å². The van der Waals surface area contributed by atoms with E-state index in [4.69, 9.17) is 0 Å². The summed E-state index contributed by atoms with van der Waals surface area (Å²) in [6, 6.07) is 10.7. The third-order valence-electron chi connectivity index (χ3n) is 6.87. The first kappa shape index (κ1) is 30.7. The largest absolute Gasteiger partial charge is 0.421 e. The summed E-state index contributed by atoms with van der Waals surface area (Å²) in [6.07, 6.45) is -4.50. The Morgan fingerprint density at radius 3 is 2.24 bits per heavy atom. The molecule has 0 unspecified atom stereocenters. The maximum Gasteiger partial charge on any atom is 0.421 e. The van der Waals surface area contributed by atoms with Gasteiger partial charge >= 0.3 is 6.18 Å². The lowest BCUT2D eigenvalue weighted by Crippen LogP contribution is -2.58. The van der Waals surface area contributed by atoms with E-state index in [2.05, 4.69) is 17.4 Å². The highest BCUT2D eigenvalue weighted by atomic mass is 32.2. The summed E-state index contributed by atoms with van der Waals surface area (Å²) in [5, 5.41) is 9.32. The summed E-state index contributed by atoms with van der Waals surface area (Å²) >= 11 is 4.27. The molecule has 1 aliphatic heterocycles. The van der Waals surface area contributed by atoms with Gasteiger partial charge in [-0.15, -0.1) is 12.6 Å². The highest BCUT2D eigenvalue weighted by molar-refractivity contribution is 7.90. The predicted molar refractivity (Wildman–Crippen MR) is 142 cm³/mol. The van der Waals surface area contributed by atoms with Gasteiger partial charge < -0.3 is 10.0 Å². The lowest BCUT2D eigenvalue weighted by Gasteiger charge is -2.42. The Bertz CT molecular complexity index is 1330. The SMILES string of the molecule is CC[C@@H](C)S(=O)(=O)NC[C@H]1CN(S(=O)(=O)c2ccccc2S)CCN1c1ccc([C@@](C)(O)C(F)(F)F)cc1. The number of nitrogens with zero attached hydrogens (tertiary/aromatic N) is 2. The van der Waals surface area contributed by atoms with Crippen molar-refractivity contribution in [2.75, 3.05) is 31.1 Å². The van der Waals surface area contributed by atoms with E-state index in [1.54, 1.807) is 36.9 Å². The first-order chi connectivity index (χ1) is 17.5. The second-order valence-electron chi connectivity index (χ2n) is 9.41. The van der Waals surface area contributed by atoms with Crippen LogP contribution in [0.3, 0.4) is 0 Å². The zero-order valence-corrected chi connectivity index (χ0v) is 23.7. The quantitative estimate of drug-likeness (QED) is 0.384. The molecule has 1 aliphatic rings. The van der Waals surface area contributed by atoms with E-state index in [9.17, 15) is 35.1 Å². The number of nitrogens with one attached hydrogen (secondary N) is 1. The molecular weight excluding hydrogens is 563 g/mol. The molecule has 1 heterocycles. The van der Waals surface area contributed by atoms with Gasteiger partial charge in [0.15, 0.2) is 5.60 Å². The van der Waals surface area contributed by atoms with E-state index in [0.717, 1.165) is 12.1 Å². The van der Waals surface area contributed by atoms with Crippen LogP contribution in [-0.4, -0.2) is 69.9 Å². The van der Waals surface area contributed by atoms with Crippen molar-refractivity contribution in [2.45, 2.75) is 60.1 Å². The number of alkyl halides is 3. The molecule has 0 bridgehead atoms. The van der Waals surface area contributed by atoms with Crippen LogP contribution in [0.1, 0.15) is 32.8 Å². The Balaban J connectivity index is 1.93. The molecule has 0 radical (unpaired) electrons. The van der Waals surface area contributed by atoms with Crippen molar-refractivity contribution in [3.05, 3.63) is 54.1 Å². The summed E-state index contributed by atoms with van der Waals surface area (Å²) in [6.45, 7) is 3.97. The van der Waals surface area contributed by atoms with Gasteiger partial charge in [-0.2, -0.15) is 17.5 Å². The maximum absolute atomic E-state index is 13.4. The van der Waals surface area contributed by atoms with E-state index < -0.39 is 43.1 Å². The fourth-order valence-corrected chi connectivity index (χ4v) is 7.30. The van der Waals surface area contributed by atoms with Gasteiger partial charge in [-0.05, 0) is 50.1 Å². The van der Waals surface area contributed by atoms with E-state index in [-0.39, 0.29) is 41.5 Å². The first-order valence-electron chi connectivity index (χ1n) is 11.9. The van der Waals surface area contributed by atoms with Gasteiger partial charge in [0.2, 0.25) is 20.0 Å². The normalized spacial score (nSPS) is 20.2. The molecule has 0 amide bonds. The first-order valence-corrected chi connectivity index (χ1v) is 15.4. The van der Waals surface area contributed by atoms with Crippen molar-refractivity contribution in [2.24, 2.45) is 0 Å². The fraction of sp³-hybridized carbons (Fsp3) is 0.500. The Morgan fingerprint density at radius 1 is 1.08 bits per heavy atom. The van der Waals surface area contributed by atoms with Crippen molar-refractivity contribution in [3.8, 4) is 0 Å². The minimum atomic E-state index is -4.88. The molecule has 0 aliphatic carbocycles. The molecule has 2 aromatic rings. The van der Waals surface area contributed by atoms with Crippen LogP contribution in [0.25, 0.3) is 0 Å². The molecule has 1 fully saturated rings. The summed E-state index contributed by atoms with van der Waals surface area (Å²) in [4.78, 5) is 2.05. The molecule has 0 saturated carbocycles. The number of rotatable bonds is 9. The molecule has 2 aromatic carbocycles. The number of aliphatic hydroxyl groups is 1. The van der Waals surface area contributed by atoms with Gasteiger partial charge in [-0.25, -0.2) is 21.6 Å². The van der Waals surface area contributed by atoms with E-state index in [1.807, 2.05) is 0 Å². The van der Waals surface area contributed by atoms with Gasteiger partial charge in [-0.3, -0.25) is 0 Å². The lowest BCUT2D eigenvalue weighted by atomic mass is 9.95. The van der Waals surface area contributed by atoms with Crippen LogP contribution < -0.4 is 9.62 Å². The zero-order chi connectivity index (χ0) is 28.5. The second-order valence-corrected chi connectivity index (χ2v) is 14.0. The highest BCUT2D eigenvalue weighted by Gasteiger charge is 2.51. The monoisotopic (exact) mass is 595 g/mol. The molecule has 3 rings (SSSR count). The summed E-state index contributed by atoms with van der Waals surface area (Å²) in [7, 11) is -7.64. The van der Waals surface area contributed by atoms with Crippen LogP contribution in [0, 0.1) is 0 Å². The van der Waals surface area contributed by atoms with E-state index in [0.29, 0.717) is 19.0 Å². The fourth-order valence-electron chi connectivity index (χ4n) is 4.09. The van der Waals surface area contributed by atoms with Crippen LogP contribution in [0.2, 0.25) is 0 Å². The summed E-state index contributed by atoms with van der Waals surface area (Å²) in [5.41, 5.74) is -2.94. The molecule has 0 spiro atoms. The number of anilines is 1. The number of benzene rings is 2. The molecule has 0 aromatic heterocycles. The topological polar surface area (TPSA) is 107 Å². The number of piperazine rings is 1. The molecular formula is C24H32F3N3O5S3. The van der Waals surface area contributed by atoms with Crippen LogP contribution in [0.4, 0.5) is 18.9 Å². The van der Waals surface area contributed by atoms with Gasteiger partial charge in [0.1, 0.15) is 0 Å². The zero-order valence-electron chi connectivity index (χ0n) is 21.2. The smallest absolute Gasteiger partial charge is 0.376 e. The predicted octanol–water partition coefficient (Wildman–Crippen LogP) is 3.34. The van der Waals surface area contributed by atoms with Gasteiger partial charge in [-0.1, -0.05) is 31.2 Å². The van der Waals surface area contributed by atoms with Gasteiger partial charge in [0.05, 0.1) is 16.2 Å². The Hall–Kier alpha value is -1.84. The number of halogens is 3. The van der Waals surface area contributed by atoms with Crippen LogP contribution in [-0.2, 0) is 25.6 Å². The maximum atomic E-state index is 13.4. The molecule has 8 nitrogen and oxygen atoms in total. The second kappa shape index (κ2) is 11.3. The number of hydrogen-bond donors (Lipinski definition) is 3. The molecule has 38 heavy (non-hydrogen) atoms. The third kappa shape index (κ3) is 6.31.